The number of benzene rings is 2. The first-order chi connectivity index (χ1) is 10.6. The van der Waals surface area contributed by atoms with Gasteiger partial charge in [-0.1, -0.05) is 11.3 Å². The van der Waals surface area contributed by atoms with Gasteiger partial charge in [0.05, 0.1) is 11.2 Å². The molecule has 0 bridgehead atoms. The van der Waals surface area contributed by atoms with E-state index in [0.717, 1.165) is 17.6 Å². The van der Waals surface area contributed by atoms with Crippen molar-refractivity contribution in [2.75, 3.05) is 5.32 Å². The van der Waals surface area contributed by atoms with E-state index in [1.54, 1.807) is 28.9 Å². The summed E-state index contributed by atoms with van der Waals surface area (Å²) in [6.45, 7) is 4.57. The molecule has 2 N–H and O–H groups in total. The number of rotatable bonds is 3. The molecule has 0 saturated heterocycles. The first-order valence-corrected chi connectivity index (χ1v) is 7.02. The summed E-state index contributed by atoms with van der Waals surface area (Å²) in [5.74, 6) is -0.251. The topological polar surface area (TPSA) is 80.0 Å². The molecular weight excluding hydrogens is 280 g/mol. The smallest absolute Gasteiger partial charge is 0.255 e. The highest BCUT2D eigenvalue weighted by Gasteiger charge is 2.11. The lowest BCUT2D eigenvalue weighted by Gasteiger charge is -2.08. The van der Waals surface area contributed by atoms with Crippen molar-refractivity contribution in [2.45, 2.75) is 20.4 Å². The molecule has 2 aromatic carbocycles. The van der Waals surface area contributed by atoms with Crippen molar-refractivity contribution in [2.24, 2.45) is 0 Å². The van der Waals surface area contributed by atoms with E-state index in [1.165, 1.54) is 0 Å². The number of phenols is 1. The summed E-state index contributed by atoms with van der Waals surface area (Å²) in [6.07, 6.45) is 0. The molecule has 6 nitrogen and oxygen atoms in total. The second-order valence-corrected chi connectivity index (χ2v) is 5.08. The predicted molar refractivity (Wildman–Crippen MR) is 84.0 cm³/mol. The molecule has 1 amide bonds. The Morgan fingerprint density at radius 1 is 1.27 bits per heavy atom. The number of carbonyl (C=O) groups is 1. The van der Waals surface area contributed by atoms with E-state index in [2.05, 4.69) is 15.6 Å². The molecule has 0 spiro atoms. The molecule has 0 unspecified atom stereocenters. The molecule has 0 saturated carbocycles. The molecule has 0 radical (unpaired) electrons. The first-order valence-electron chi connectivity index (χ1n) is 7.02. The summed E-state index contributed by atoms with van der Waals surface area (Å²) in [5.41, 5.74) is 3.33. The highest BCUT2D eigenvalue weighted by atomic mass is 16.3. The lowest BCUT2D eigenvalue weighted by Crippen LogP contribution is -2.12. The minimum absolute atomic E-state index is 0.0476. The SMILES string of the molecule is CCn1nnc2cc(C(=O)Nc3ccc(C)cc3O)ccc21. The maximum absolute atomic E-state index is 12.3. The van der Waals surface area contributed by atoms with Gasteiger partial charge in [-0.05, 0) is 49.7 Å². The number of aryl methyl sites for hydroxylation is 2. The molecule has 22 heavy (non-hydrogen) atoms. The van der Waals surface area contributed by atoms with Crippen molar-refractivity contribution in [1.29, 1.82) is 0 Å². The minimum Gasteiger partial charge on any atom is -0.506 e. The molecule has 0 fully saturated rings. The van der Waals surface area contributed by atoms with E-state index in [4.69, 9.17) is 0 Å². The lowest BCUT2D eigenvalue weighted by molar-refractivity contribution is 0.102. The first kappa shape index (κ1) is 14.1. The zero-order valence-electron chi connectivity index (χ0n) is 12.4. The average molecular weight is 296 g/mol. The van der Waals surface area contributed by atoms with Gasteiger partial charge in [-0.3, -0.25) is 4.79 Å². The largest absolute Gasteiger partial charge is 0.506 e. The number of nitrogens with zero attached hydrogens (tertiary/aromatic N) is 3. The Balaban J connectivity index is 1.88. The van der Waals surface area contributed by atoms with Crippen LogP contribution in [0.25, 0.3) is 11.0 Å². The van der Waals surface area contributed by atoms with E-state index < -0.39 is 0 Å². The molecule has 0 atom stereocenters. The Bertz CT molecular complexity index is 854. The summed E-state index contributed by atoms with van der Waals surface area (Å²) < 4.78 is 1.77. The van der Waals surface area contributed by atoms with Crippen LogP contribution in [0.5, 0.6) is 5.75 Å². The summed E-state index contributed by atoms with van der Waals surface area (Å²) in [4.78, 5) is 12.3. The number of aromatic hydroxyl groups is 1. The summed E-state index contributed by atoms with van der Waals surface area (Å²) in [5, 5.41) is 20.6. The van der Waals surface area contributed by atoms with E-state index >= 15 is 0 Å². The van der Waals surface area contributed by atoms with Crippen molar-refractivity contribution in [3.8, 4) is 5.75 Å². The third kappa shape index (κ3) is 2.50. The van der Waals surface area contributed by atoms with Crippen LogP contribution in [-0.2, 0) is 6.54 Å². The zero-order chi connectivity index (χ0) is 15.7. The zero-order valence-corrected chi connectivity index (χ0v) is 12.4. The Kier molecular flexibility index (Phi) is 3.50. The van der Waals surface area contributed by atoms with Gasteiger partial charge in [-0.25, -0.2) is 4.68 Å². The second-order valence-electron chi connectivity index (χ2n) is 5.08. The molecule has 0 aliphatic carbocycles. The number of phenolic OH excluding ortho intramolecular Hbond substituents is 1. The third-order valence-electron chi connectivity index (χ3n) is 3.48. The average Bonchev–Trinajstić information content (AvgIpc) is 2.92. The lowest BCUT2D eigenvalue weighted by atomic mass is 10.1. The quantitative estimate of drug-likeness (QED) is 0.728. The molecule has 1 heterocycles. The Morgan fingerprint density at radius 2 is 2.09 bits per heavy atom. The van der Waals surface area contributed by atoms with Gasteiger partial charge in [-0.15, -0.1) is 5.10 Å². The Labute approximate surface area is 127 Å². The van der Waals surface area contributed by atoms with Crippen LogP contribution in [0.4, 0.5) is 5.69 Å². The van der Waals surface area contributed by atoms with Gasteiger partial charge in [0, 0.05) is 12.1 Å². The van der Waals surface area contributed by atoms with Crippen molar-refractivity contribution < 1.29 is 9.90 Å². The number of amides is 1. The Hall–Kier alpha value is -2.89. The van der Waals surface area contributed by atoms with E-state index in [1.807, 2.05) is 26.0 Å². The summed E-state index contributed by atoms with van der Waals surface area (Å²) >= 11 is 0. The van der Waals surface area contributed by atoms with Gasteiger partial charge in [0.15, 0.2) is 0 Å². The van der Waals surface area contributed by atoms with Crippen molar-refractivity contribution in [3.05, 3.63) is 47.5 Å². The van der Waals surface area contributed by atoms with Crippen LogP contribution in [0, 0.1) is 6.92 Å². The van der Waals surface area contributed by atoms with Crippen molar-refractivity contribution >= 4 is 22.6 Å². The van der Waals surface area contributed by atoms with Crippen LogP contribution in [0.2, 0.25) is 0 Å². The van der Waals surface area contributed by atoms with Crippen LogP contribution in [0.1, 0.15) is 22.8 Å². The molecule has 0 aliphatic rings. The van der Waals surface area contributed by atoms with Crippen LogP contribution in [-0.4, -0.2) is 26.0 Å². The monoisotopic (exact) mass is 296 g/mol. The van der Waals surface area contributed by atoms with Crippen LogP contribution in [0.3, 0.4) is 0 Å². The van der Waals surface area contributed by atoms with Gasteiger partial charge in [0.25, 0.3) is 5.91 Å². The van der Waals surface area contributed by atoms with Gasteiger partial charge in [0.2, 0.25) is 0 Å². The van der Waals surface area contributed by atoms with Crippen LogP contribution in [0.15, 0.2) is 36.4 Å². The number of fused-ring (bicyclic) bond motifs is 1. The fourth-order valence-electron chi connectivity index (χ4n) is 2.29. The molecule has 1 aromatic heterocycles. The number of aromatic nitrogens is 3. The number of carbonyl (C=O) groups excluding carboxylic acids is 1. The van der Waals surface area contributed by atoms with Crippen molar-refractivity contribution in [1.82, 2.24) is 15.0 Å². The van der Waals surface area contributed by atoms with Crippen molar-refractivity contribution in [3.63, 3.8) is 0 Å². The van der Waals surface area contributed by atoms with Gasteiger partial charge in [-0.2, -0.15) is 0 Å². The number of nitrogens with one attached hydrogen (secondary N) is 1. The molecular formula is C16H16N4O2. The molecule has 0 aliphatic heterocycles. The minimum atomic E-state index is -0.299. The summed E-state index contributed by atoms with van der Waals surface area (Å²) in [7, 11) is 0. The number of hydrogen-bond donors (Lipinski definition) is 2. The fourth-order valence-corrected chi connectivity index (χ4v) is 2.29. The van der Waals surface area contributed by atoms with Crippen LogP contribution < -0.4 is 5.32 Å². The molecule has 3 aromatic rings. The molecule has 6 heteroatoms. The predicted octanol–water partition coefficient (Wildman–Crippen LogP) is 2.72. The molecule has 3 rings (SSSR count). The van der Waals surface area contributed by atoms with Gasteiger partial charge < -0.3 is 10.4 Å². The molecule has 112 valence electrons. The standard InChI is InChI=1S/C16H16N4O2/c1-3-20-14-7-5-11(9-13(14)18-19-20)16(22)17-12-6-4-10(2)8-15(12)21/h4-9,21H,3H2,1-2H3,(H,17,22). The number of anilines is 1. The van der Waals surface area contributed by atoms with Crippen LogP contribution >= 0.6 is 0 Å². The highest BCUT2D eigenvalue weighted by molar-refractivity contribution is 6.06. The Morgan fingerprint density at radius 3 is 2.82 bits per heavy atom. The maximum Gasteiger partial charge on any atom is 0.255 e. The van der Waals surface area contributed by atoms with Gasteiger partial charge in [0.1, 0.15) is 11.3 Å². The fraction of sp³-hybridized carbons (Fsp3) is 0.188. The van der Waals surface area contributed by atoms with Gasteiger partial charge >= 0.3 is 0 Å². The normalized spacial score (nSPS) is 10.8. The van der Waals surface area contributed by atoms with E-state index in [-0.39, 0.29) is 11.7 Å². The number of hydrogen-bond acceptors (Lipinski definition) is 4. The van der Waals surface area contributed by atoms with E-state index in [9.17, 15) is 9.90 Å². The van der Waals surface area contributed by atoms with E-state index in [0.29, 0.717) is 16.8 Å². The second kappa shape index (κ2) is 5.48. The maximum atomic E-state index is 12.3. The highest BCUT2D eigenvalue weighted by Crippen LogP contribution is 2.24. The summed E-state index contributed by atoms with van der Waals surface area (Å²) in [6, 6.07) is 10.3. The third-order valence-corrected chi connectivity index (χ3v) is 3.48.